The van der Waals surface area contributed by atoms with E-state index in [0.717, 1.165) is 67.6 Å². The first-order valence-corrected chi connectivity index (χ1v) is 38.4. The van der Waals surface area contributed by atoms with Crippen LogP contribution in [0.1, 0.15) is 240 Å². The molecule has 0 spiro atoms. The molecule has 10 rings (SSSR count). The van der Waals surface area contributed by atoms with Crippen molar-refractivity contribution in [2.45, 2.75) is 249 Å². The van der Waals surface area contributed by atoms with Crippen molar-refractivity contribution in [1.29, 1.82) is 0 Å². The maximum Gasteiger partial charge on any atom is 0.152 e. The van der Waals surface area contributed by atoms with Gasteiger partial charge in [0.25, 0.3) is 0 Å². The molecule has 0 saturated carbocycles. The molecule has 0 amide bonds. The van der Waals surface area contributed by atoms with Crippen LogP contribution in [-0.4, -0.2) is 39.9 Å². The third-order valence-corrected chi connectivity index (χ3v) is 28.5. The second-order valence-corrected chi connectivity index (χ2v) is 44.8. The Balaban J connectivity index is 1.13. The van der Waals surface area contributed by atoms with Gasteiger partial charge in [-0.1, -0.05) is 218 Å². The minimum absolute atomic E-state index is 0.0152. The third kappa shape index (κ3) is 14.6. The first-order valence-electron chi connectivity index (χ1n) is 36.0. The lowest BCUT2D eigenvalue weighted by Crippen LogP contribution is -2.61. The zero-order valence-electron chi connectivity index (χ0n) is 65.4. The minimum atomic E-state index is -3.07. The molecular weight excluding hydrogens is 1240 g/mol. The van der Waals surface area contributed by atoms with E-state index in [9.17, 15) is 10.2 Å². The van der Waals surface area contributed by atoms with Crippen LogP contribution in [0.2, 0.25) is 10.1 Å². The highest BCUT2D eigenvalue weighted by Crippen LogP contribution is 2.55. The van der Waals surface area contributed by atoms with E-state index in [1.54, 1.807) is 12.1 Å². The summed E-state index contributed by atoms with van der Waals surface area (Å²) in [5.74, 6) is -0.0147. The fourth-order valence-corrected chi connectivity index (χ4v) is 21.0. The molecule has 0 aliphatic carbocycles. The van der Waals surface area contributed by atoms with E-state index in [-0.39, 0.29) is 56.4 Å². The Bertz CT molecular complexity index is 4300. The summed E-state index contributed by atoms with van der Waals surface area (Å²) in [5.41, 5.74) is 12.3. The van der Waals surface area contributed by atoms with E-state index in [0.29, 0.717) is 45.1 Å². The fraction of sp³-hybridized carbons (Fsp3) is 0.467. The number of hydrogen-bond acceptors (Lipinski definition) is 4. The van der Waals surface area contributed by atoms with E-state index in [1.807, 2.05) is 0 Å². The summed E-state index contributed by atoms with van der Waals surface area (Å²) in [6.45, 7) is 63.0. The van der Waals surface area contributed by atoms with Crippen molar-refractivity contribution in [3.8, 4) is 56.6 Å². The molecule has 8 aromatic carbocycles. The number of aromatic nitrogens is 2. The Morgan fingerprint density at radius 2 is 0.596 bits per heavy atom. The van der Waals surface area contributed by atoms with Gasteiger partial charge in [0.1, 0.15) is 34.6 Å². The third-order valence-electron chi connectivity index (χ3n) is 21.4. The van der Waals surface area contributed by atoms with Crippen molar-refractivity contribution < 1.29 is 28.5 Å². The molecule has 9 heteroatoms. The minimum Gasteiger partial charge on any atom is -0.505 e. The largest absolute Gasteiger partial charge is 0.505 e. The van der Waals surface area contributed by atoms with Crippen LogP contribution in [0, 0.1) is 22.5 Å². The number of fused-ring (bicyclic) bond motifs is 6. The highest BCUT2D eigenvalue weighted by molar-refractivity contribution is 6.85. The van der Waals surface area contributed by atoms with Gasteiger partial charge in [-0.2, -0.15) is 0 Å². The van der Waals surface area contributed by atoms with E-state index < -0.39 is 40.6 Å². The molecule has 99 heavy (non-hydrogen) atoms. The molecule has 0 aliphatic rings. The molecule has 10 aromatic rings. The van der Waals surface area contributed by atoms with Gasteiger partial charge in [-0.3, -0.25) is 0 Å². The smallest absolute Gasteiger partial charge is 0.152 e. The molecule has 0 aliphatic heterocycles. The Morgan fingerprint density at radius 3 is 0.838 bits per heavy atom. The summed E-state index contributed by atoms with van der Waals surface area (Å²) in [4.78, 5) is 0. The zero-order chi connectivity index (χ0) is 73.5. The van der Waals surface area contributed by atoms with Crippen LogP contribution in [0.5, 0.6) is 23.0 Å². The number of phenolic OH excluding ortho intramolecular Hbond substituents is 2. The molecular formula is C90H116F2N2O4Si. The second-order valence-electron chi connectivity index (χ2n) is 39.1. The van der Waals surface area contributed by atoms with Crippen LogP contribution in [0.3, 0.4) is 0 Å². The fourth-order valence-electron chi connectivity index (χ4n) is 16.2. The predicted octanol–water partition coefficient (Wildman–Crippen LogP) is 26.1. The van der Waals surface area contributed by atoms with Crippen LogP contribution >= 0.6 is 0 Å². The predicted molar refractivity (Wildman–Crippen MR) is 421 cm³/mol. The van der Waals surface area contributed by atoms with Crippen LogP contribution in [0.4, 0.5) is 8.78 Å². The summed E-state index contributed by atoms with van der Waals surface area (Å²) in [7, 11) is -3.07. The van der Waals surface area contributed by atoms with Gasteiger partial charge in [-0.15, -0.1) is 0 Å². The van der Waals surface area contributed by atoms with Crippen molar-refractivity contribution in [3.63, 3.8) is 0 Å². The van der Waals surface area contributed by atoms with Gasteiger partial charge in [0.2, 0.25) is 0 Å². The summed E-state index contributed by atoms with van der Waals surface area (Å²) < 4.78 is 52.2. The quantitative estimate of drug-likeness (QED) is 0.106. The van der Waals surface area contributed by atoms with Crippen LogP contribution in [0.15, 0.2) is 133 Å². The number of ether oxygens (including phenoxy) is 2. The van der Waals surface area contributed by atoms with E-state index in [2.05, 4.69) is 300 Å². The average molecular weight is 1360 g/mol. The van der Waals surface area contributed by atoms with Crippen molar-refractivity contribution in [3.05, 3.63) is 178 Å². The molecule has 0 saturated heterocycles. The highest BCUT2D eigenvalue weighted by Gasteiger charge is 2.55. The summed E-state index contributed by atoms with van der Waals surface area (Å²) in [5, 5.41) is 30.4. The van der Waals surface area contributed by atoms with Gasteiger partial charge >= 0.3 is 0 Å². The molecule has 0 radical (unpaired) electrons. The Labute approximate surface area is 593 Å². The highest BCUT2D eigenvalue weighted by atomic mass is 28.3. The second kappa shape index (κ2) is 25.0. The molecule has 2 aromatic heterocycles. The molecule has 0 unspecified atom stereocenters. The molecule has 0 bridgehead atoms. The number of benzene rings is 8. The normalized spacial score (nSPS) is 13.8. The van der Waals surface area contributed by atoms with Crippen molar-refractivity contribution >= 4 is 51.7 Å². The first kappa shape index (κ1) is 74.3. The number of nitrogens with zero attached hydrogens (tertiary/aromatic N) is 2. The van der Waals surface area contributed by atoms with Crippen LogP contribution in [-0.2, 0) is 32.5 Å². The summed E-state index contributed by atoms with van der Waals surface area (Å²) in [6, 6.07) is 44.6. The number of hydrogen-bond donors (Lipinski definition) is 2. The monoisotopic (exact) mass is 1350 g/mol. The van der Waals surface area contributed by atoms with Crippen molar-refractivity contribution in [1.82, 2.24) is 9.13 Å². The van der Waals surface area contributed by atoms with Gasteiger partial charge in [0, 0.05) is 43.8 Å². The van der Waals surface area contributed by atoms with Gasteiger partial charge in [0.15, 0.2) is 8.07 Å². The average Bonchev–Trinajstić information content (AvgIpc) is 1.65. The van der Waals surface area contributed by atoms with Gasteiger partial charge in [-0.05, 0) is 209 Å². The maximum atomic E-state index is 16.5. The van der Waals surface area contributed by atoms with Gasteiger partial charge in [-0.25, -0.2) is 8.78 Å². The standard InChI is InChI=1S/C90H116F2N2O4Si/c1-81(2,3)51-89(25,26)59-45-69(79(95)75(47-59)93-71-35-29-55(83(7,8)9)41-63(71)64-42-56(84(10,11)12)30-36-72(64)93)67-49-61(91)33-39-77(67)97-53-99(87(19,20)21,88(22,23)24)54-98-78-40-34-62(92)50-68(78)70-46-60(90(27,28)52-82(4,5)6)48-76(80(70)96)94-73-37-31-57(85(13,14)15)43-65(73)66-44-58(86(16,17)18)32-38-74(66)94/h29-50,95-96H,51-54H2,1-28H3. The first-order chi connectivity index (χ1) is 45.2. The number of rotatable bonds is 14. The lowest BCUT2D eigenvalue weighted by Gasteiger charge is -2.50. The summed E-state index contributed by atoms with van der Waals surface area (Å²) >= 11 is 0. The van der Waals surface area contributed by atoms with Gasteiger partial charge < -0.3 is 28.8 Å². The molecule has 6 nitrogen and oxygen atoms in total. The summed E-state index contributed by atoms with van der Waals surface area (Å²) in [6.07, 6.45) is 2.14. The number of halogens is 2. The topological polar surface area (TPSA) is 68.8 Å². The van der Waals surface area contributed by atoms with Crippen LogP contribution in [0.25, 0.3) is 77.2 Å². The Kier molecular flexibility index (Phi) is 18.8. The molecule has 2 heterocycles. The van der Waals surface area contributed by atoms with Crippen molar-refractivity contribution in [2.75, 3.05) is 12.5 Å². The number of phenols is 2. The SMILES string of the molecule is CC(C)(C)CC(C)(C)c1cc(-c2cc(F)ccc2OC[Si](COc2ccc(F)cc2-c2cc(C(C)(C)CC(C)(C)C)cc(-n3c4ccc(C(C)(C)C)cc4c4cc(C(C)(C)C)ccc43)c2O)(C(C)(C)C)C(C)(C)C)c(O)c(-n2c3ccc(C(C)(C)C)cc3c3cc(C(C)(C)C)ccc32)c1. The van der Waals surface area contributed by atoms with Gasteiger partial charge in [0.05, 0.1) is 45.9 Å². The molecule has 0 fully saturated rings. The number of aromatic hydroxyl groups is 2. The lowest BCUT2D eigenvalue weighted by atomic mass is 9.71. The van der Waals surface area contributed by atoms with E-state index >= 15 is 8.78 Å². The Hall–Kier alpha value is -7.36. The van der Waals surface area contributed by atoms with E-state index in [1.165, 1.54) is 46.5 Å². The lowest BCUT2D eigenvalue weighted by molar-refractivity contribution is 0.283. The Morgan fingerprint density at radius 1 is 0.323 bits per heavy atom. The molecule has 528 valence electrons. The molecule has 0 atom stereocenters. The molecule has 2 N–H and O–H groups in total. The zero-order valence-corrected chi connectivity index (χ0v) is 66.4. The maximum absolute atomic E-state index is 16.5. The van der Waals surface area contributed by atoms with E-state index in [4.69, 9.17) is 9.47 Å². The van der Waals surface area contributed by atoms with Crippen LogP contribution < -0.4 is 9.47 Å². The van der Waals surface area contributed by atoms with Crippen molar-refractivity contribution in [2.24, 2.45) is 10.8 Å².